The van der Waals surface area contributed by atoms with Crippen molar-refractivity contribution in [3.05, 3.63) is 0 Å². The third-order valence-electron chi connectivity index (χ3n) is 1.99. The molecule has 0 saturated carbocycles. The van der Waals surface area contributed by atoms with Crippen LogP contribution in [0.25, 0.3) is 0 Å². The van der Waals surface area contributed by atoms with Gasteiger partial charge in [0.15, 0.2) is 0 Å². The lowest BCUT2D eigenvalue weighted by Crippen LogP contribution is -2.23. The lowest BCUT2D eigenvalue weighted by atomic mass is 10.1. The van der Waals surface area contributed by atoms with Gasteiger partial charge in [0.05, 0.1) is 6.10 Å². The summed E-state index contributed by atoms with van der Waals surface area (Å²) in [5.41, 5.74) is 0. The Labute approximate surface area is 63.0 Å². The van der Waals surface area contributed by atoms with Crippen molar-refractivity contribution in [2.24, 2.45) is 0 Å². The molecule has 0 aliphatic carbocycles. The number of hydrogen-bond donors (Lipinski definition) is 1. The van der Waals surface area contributed by atoms with Gasteiger partial charge in [-0.05, 0) is 39.3 Å². The fraction of sp³-hybridized carbons (Fsp3) is 1.00. The summed E-state index contributed by atoms with van der Waals surface area (Å²) in [6.45, 7) is 2.07. The summed E-state index contributed by atoms with van der Waals surface area (Å²) < 4.78 is 5.54. The highest BCUT2D eigenvalue weighted by atomic mass is 16.5. The molecule has 2 nitrogen and oxygen atoms in total. The summed E-state index contributed by atoms with van der Waals surface area (Å²) in [4.78, 5) is 0. The van der Waals surface area contributed by atoms with Crippen LogP contribution in [0.2, 0.25) is 0 Å². The Morgan fingerprint density at radius 2 is 2.40 bits per heavy atom. The second-order valence-corrected chi connectivity index (χ2v) is 2.88. The van der Waals surface area contributed by atoms with Crippen LogP contribution in [0, 0.1) is 0 Å². The normalized spacial score (nSPS) is 26.7. The molecule has 0 radical (unpaired) electrons. The molecule has 1 aliphatic heterocycles. The molecule has 0 bridgehead atoms. The van der Waals surface area contributed by atoms with E-state index in [2.05, 4.69) is 5.32 Å². The molecule has 1 atom stereocenters. The minimum atomic E-state index is 0.543. The minimum absolute atomic E-state index is 0.543. The van der Waals surface area contributed by atoms with Gasteiger partial charge in [0.2, 0.25) is 0 Å². The third-order valence-corrected chi connectivity index (χ3v) is 1.99. The Hall–Kier alpha value is -0.0800. The van der Waals surface area contributed by atoms with Gasteiger partial charge in [0.1, 0.15) is 0 Å². The van der Waals surface area contributed by atoms with Gasteiger partial charge >= 0.3 is 0 Å². The first kappa shape index (κ1) is 8.02. The number of ether oxygens (including phenoxy) is 1. The van der Waals surface area contributed by atoms with E-state index in [0.717, 1.165) is 13.2 Å². The van der Waals surface area contributed by atoms with Crippen molar-refractivity contribution in [1.29, 1.82) is 0 Å². The van der Waals surface area contributed by atoms with Gasteiger partial charge in [0, 0.05) is 6.61 Å². The topological polar surface area (TPSA) is 21.3 Å². The summed E-state index contributed by atoms with van der Waals surface area (Å²) in [5, 5.41) is 3.13. The second-order valence-electron chi connectivity index (χ2n) is 2.88. The van der Waals surface area contributed by atoms with E-state index in [4.69, 9.17) is 4.74 Å². The van der Waals surface area contributed by atoms with E-state index >= 15 is 0 Å². The number of nitrogens with one attached hydrogen (secondary N) is 1. The highest BCUT2D eigenvalue weighted by molar-refractivity contribution is 4.63. The highest BCUT2D eigenvalue weighted by Crippen LogP contribution is 2.14. The predicted molar refractivity (Wildman–Crippen MR) is 42.1 cm³/mol. The van der Waals surface area contributed by atoms with E-state index in [9.17, 15) is 0 Å². The smallest absolute Gasteiger partial charge is 0.0587 e. The predicted octanol–water partition coefficient (Wildman–Crippen LogP) is 1.16. The van der Waals surface area contributed by atoms with Gasteiger partial charge in [-0.25, -0.2) is 0 Å². The standard InChI is InChI=1S/C8H17NO/c1-9-6-5-8-4-2-3-7-10-8/h8-9H,2-7H2,1H3. The van der Waals surface area contributed by atoms with Crippen LogP contribution in [0.15, 0.2) is 0 Å². The number of hydrogen-bond acceptors (Lipinski definition) is 2. The second kappa shape index (κ2) is 4.69. The van der Waals surface area contributed by atoms with E-state index in [1.807, 2.05) is 7.05 Å². The molecule has 0 spiro atoms. The third kappa shape index (κ3) is 2.67. The molecule has 1 rings (SSSR count). The molecule has 0 aromatic carbocycles. The SMILES string of the molecule is CNCCC1CCCCO1. The Morgan fingerprint density at radius 1 is 1.50 bits per heavy atom. The van der Waals surface area contributed by atoms with Crippen LogP contribution < -0.4 is 5.32 Å². The zero-order valence-electron chi connectivity index (χ0n) is 6.73. The van der Waals surface area contributed by atoms with E-state index in [0.29, 0.717) is 6.10 Å². The van der Waals surface area contributed by atoms with Gasteiger partial charge in [-0.2, -0.15) is 0 Å². The van der Waals surface area contributed by atoms with Crippen molar-refractivity contribution >= 4 is 0 Å². The van der Waals surface area contributed by atoms with Crippen molar-refractivity contribution in [3.8, 4) is 0 Å². The molecule has 10 heavy (non-hydrogen) atoms. The lowest BCUT2D eigenvalue weighted by Gasteiger charge is -2.22. The molecule has 1 aliphatic rings. The van der Waals surface area contributed by atoms with Crippen LogP contribution in [-0.4, -0.2) is 26.3 Å². The average Bonchev–Trinajstić information content (AvgIpc) is 2.03. The summed E-state index contributed by atoms with van der Waals surface area (Å²) in [7, 11) is 1.99. The highest BCUT2D eigenvalue weighted by Gasteiger charge is 2.11. The fourth-order valence-electron chi connectivity index (χ4n) is 1.34. The molecule has 1 saturated heterocycles. The van der Waals surface area contributed by atoms with Crippen LogP contribution in [0.1, 0.15) is 25.7 Å². The summed E-state index contributed by atoms with van der Waals surface area (Å²) in [6, 6.07) is 0. The molecule has 60 valence electrons. The van der Waals surface area contributed by atoms with Crippen LogP contribution >= 0.6 is 0 Å². The molecule has 0 amide bonds. The maximum Gasteiger partial charge on any atom is 0.0587 e. The van der Waals surface area contributed by atoms with Crippen molar-refractivity contribution in [1.82, 2.24) is 5.32 Å². The maximum atomic E-state index is 5.54. The first-order chi connectivity index (χ1) is 4.93. The fourth-order valence-corrected chi connectivity index (χ4v) is 1.34. The van der Waals surface area contributed by atoms with E-state index < -0.39 is 0 Å². The summed E-state index contributed by atoms with van der Waals surface area (Å²) >= 11 is 0. The average molecular weight is 143 g/mol. The van der Waals surface area contributed by atoms with Gasteiger partial charge in [-0.1, -0.05) is 0 Å². The largest absolute Gasteiger partial charge is 0.378 e. The Kier molecular flexibility index (Phi) is 3.76. The zero-order chi connectivity index (χ0) is 7.23. The van der Waals surface area contributed by atoms with Crippen LogP contribution in [-0.2, 0) is 4.74 Å². The van der Waals surface area contributed by atoms with Crippen molar-refractivity contribution in [2.45, 2.75) is 31.8 Å². The van der Waals surface area contributed by atoms with Gasteiger partial charge < -0.3 is 10.1 Å². The minimum Gasteiger partial charge on any atom is -0.378 e. The van der Waals surface area contributed by atoms with Crippen molar-refractivity contribution in [3.63, 3.8) is 0 Å². The van der Waals surface area contributed by atoms with Gasteiger partial charge in [0.25, 0.3) is 0 Å². The zero-order valence-corrected chi connectivity index (χ0v) is 6.73. The van der Waals surface area contributed by atoms with Crippen molar-refractivity contribution < 1.29 is 4.74 Å². The molecule has 1 unspecified atom stereocenters. The lowest BCUT2D eigenvalue weighted by molar-refractivity contribution is 0.0118. The Balaban J connectivity index is 2.02. The van der Waals surface area contributed by atoms with Gasteiger partial charge in [-0.3, -0.25) is 0 Å². The van der Waals surface area contributed by atoms with Crippen LogP contribution in [0.3, 0.4) is 0 Å². The molecule has 1 fully saturated rings. The molecular weight excluding hydrogens is 126 g/mol. The summed E-state index contributed by atoms with van der Waals surface area (Å²) in [5.74, 6) is 0. The van der Waals surface area contributed by atoms with Gasteiger partial charge in [-0.15, -0.1) is 0 Å². The molecule has 1 N–H and O–H groups in total. The molecular formula is C8H17NO. The van der Waals surface area contributed by atoms with Crippen molar-refractivity contribution in [2.75, 3.05) is 20.2 Å². The molecule has 1 heterocycles. The maximum absolute atomic E-state index is 5.54. The monoisotopic (exact) mass is 143 g/mol. The van der Waals surface area contributed by atoms with E-state index in [1.165, 1.54) is 25.7 Å². The summed E-state index contributed by atoms with van der Waals surface area (Å²) in [6.07, 6.45) is 5.60. The molecule has 0 aromatic heterocycles. The van der Waals surface area contributed by atoms with E-state index in [1.54, 1.807) is 0 Å². The van der Waals surface area contributed by atoms with Crippen LogP contribution in [0.5, 0.6) is 0 Å². The Morgan fingerprint density at radius 3 is 3.00 bits per heavy atom. The first-order valence-electron chi connectivity index (χ1n) is 4.19. The first-order valence-corrected chi connectivity index (χ1v) is 4.19. The number of rotatable bonds is 3. The molecule has 2 heteroatoms. The Bertz CT molecular complexity index is 79.3. The molecule has 0 aromatic rings. The quantitative estimate of drug-likeness (QED) is 0.640. The van der Waals surface area contributed by atoms with Crippen LogP contribution in [0.4, 0.5) is 0 Å². The van der Waals surface area contributed by atoms with E-state index in [-0.39, 0.29) is 0 Å².